The minimum Gasteiger partial charge on any atom is -0.505 e. The van der Waals surface area contributed by atoms with Gasteiger partial charge >= 0.3 is 5.97 Å². The summed E-state index contributed by atoms with van der Waals surface area (Å²) >= 11 is 2.96. The molecule has 4 N–H and O–H groups in total. The van der Waals surface area contributed by atoms with Crippen LogP contribution < -0.4 is 5.73 Å². The predicted molar refractivity (Wildman–Crippen MR) is 50.3 cm³/mol. The number of rotatable bonds is 2. The molecule has 0 aromatic heterocycles. The number of hydrogen-bond acceptors (Lipinski definition) is 3. The number of phenolic OH excluding ortho intramolecular Hbond substituents is 1. The number of hydrogen-bond donors (Lipinski definition) is 3. The van der Waals surface area contributed by atoms with E-state index in [1.54, 1.807) is 0 Å². The van der Waals surface area contributed by atoms with Gasteiger partial charge in [-0.25, -0.2) is 4.39 Å². The minimum absolute atomic E-state index is 0.163. The molecule has 0 aliphatic heterocycles. The molecule has 76 valence electrons. The molecule has 1 rings (SSSR count). The number of carboxylic acid groups (broad SMARTS) is 1. The third kappa shape index (κ3) is 2.02. The molecule has 4 nitrogen and oxygen atoms in total. The second kappa shape index (κ2) is 3.93. The average molecular weight is 264 g/mol. The molecule has 1 atom stereocenters. The molecule has 1 aromatic carbocycles. The Balaban J connectivity index is 3.26. The number of phenols is 1. The van der Waals surface area contributed by atoms with Crippen LogP contribution in [0.15, 0.2) is 16.6 Å². The summed E-state index contributed by atoms with van der Waals surface area (Å²) in [5, 5.41) is 17.8. The van der Waals surface area contributed by atoms with Crippen LogP contribution in [0.5, 0.6) is 5.75 Å². The van der Waals surface area contributed by atoms with Gasteiger partial charge in [0.1, 0.15) is 6.04 Å². The topological polar surface area (TPSA) is 83.6 Å². The first-order valence-electron chi connectivity index (χ1n) is 3.59. The maximum absolute atomic E-state index is 12.9. The van der Waals surface area contributed by atoms with Gasteiger partial charge in [0, 0.05) is 10.0 Å². The molecule has 0 aliphatic carbocycles. The molecule has 0 saturated carbocycles. The summed E-state index contributed by atoms with van der Waals surface area (Å²) in [4.78, 5) is 10.5. The van der Waals surface area contributed by atoms with Crippen molar-refractivity contribution in [3.05, 3.63) is 28.0 Å². The molecular weight excluding hydrogens is 257 g/mol. The van der Waals surface area contributed by atoms with Gasteiger partial charge in [-0.15, -0.1) is 0 Å². The molecule has 0 unspecified atom stereocenters. The van der Waals surface area contributed by atoms with E-state index in [2.05, 4.69) is 15.9 Å². The van der Waals surface area contributed by atoms with Gasteiger partial charge in [-0.05, 0) is 12.1 Å². The quantitative estimate of drug-likeness (QED) is 0.753. The first-order valence-corrected chi connectivity index (χ1v) is 4.39. The highest BCUT2D eigenvalue weighted by molar-refractivity contribution is 9.10. The van der Waals surface area contributed by atoms with Crippen LogP contribution >= 0.6 is 15.9 Å². The summed E-state index contributed by atoms with van der Waals surface area (Å²) in [6, 6.07) is 0.840. The molecule has 0 spiro atoms. The van der Waals surface area contributed by atoms with Crippen LogP contribution in [0.2, 0.25) is 0 Å². The lowest BCUT2D eigenvalue weighted by Gasteiger charge is -2.09. The van der Waals surface area contributed by atoms with E-state index in [1.165, 1.54) is 6.07 Å². The summed E-state index contributed by atoms with van der Waals surface area (Å²) in [6.07, 6.45) is 0. The van der Waals surface area contributed by atoms with Crippen LogP contribution in [0.25, 0.3) is 0 Å². The monoisotopic (exact) mass is 263 g/mol. The molecular formula is C8H7BrFNO3. The van der Waals surface area contributed by atoms with Gasteiger partial charge in [0.15, 0.2) is 11.6 Å². The van der Waals surface area contributed by atoms with E-state index in [4.69, 9.17) is 10.8 Å². The number of halogens is 2. The van der Waals surface area contributed by atoms with Crippen LogP contribution in [-0.4, -0.2) is 16.2 Å². The third-order valence-electron chi connectivity index (χ3n) is 1.66. The molecule has 1 aromatic rings. The van der Waals surface area contributed by atoms with Crippen molar-refractivity contribution in [2.75, 3.05) is 0 Å². The highest BCUT2D eigenvalue weighted by Crippen LogP contribution is 2.29. The van der Waals surface area contributed by atoms with Crippen molar-refractivity contribution in [3.8, 4) is 5.75 Å². The van der Waals surface area contributed by atoms with Gasteiger partial charge in [0.2, 0.25) is 0 Å². The van der Waals surface area contributed by atoms with E-state index in [1.807, 2.05) is 0 Å². The fraction of sp³-hybridized carbons (Fsp3) is 0.125. The zero-order valence-electron chi connectivity index (χ0n) is 6.87. The second-order valence-corrected chi connectivity index (χ2v) is 3.56. The molecule has 0 fully saturated rings. The zero-order chi connectivity index (χ0) is 10.9. The number of benzene rings is 1. The number of aliphatic carboxylic acids is 1. The van der Waals surface area contributed by atoms with E-state index in [-0.39, 0.29) is 5.56 Å². The summed E-state index contributed by atoms with van der Waals surface area (Å²) < 4.78 is 13.3. The van der Waals surface area contributed by atoms with Gasteiger partial charge in [-0.2, -0.15) is 0 Å². The lowest BCUT2D eigenvalue weighted by Crippen LogP contribution is -2.21. The van der Waals surface area contributed by atoms with E-state index in [0.29, 0.717) is 4.47 Å². The van der Waals surface area contributed by atoms with E-state index in [9.17, 15) is 14.3 Å². The summed E-state index contributed by atoms with van der Waals surface area (Å²) in [7, 11) is 0. The Hall–Kier alpha value is -1.14. The lowest BCUT2D eigenvalue weighted by molar-refractivity contribution is -0.138. The summed E-state index contributed by atoms with van der Waals surface area (Å²) in [5.74, 6) is -2.98. The van der Waals surface area contributed by atoms with Gasteiger partial charge < -0.3 is 15.9 Å². The first-order chi connectivity index (χ1) is 6.43. The van der Waals surface area contributed by atoms with Gasteiger partial charge in [-0.3, -0.25) is 4.79 Å². The van der Waals surface area contributed by atoms with Crippen molar-refractivity contribution < 1.29 is 19.4 Å². The first kappa shape index (κ1) is 10.9. The molecule has 0 heterocycles. The Bertz CT molecular complexity index is 383. The number of nitrogens with two attached hydrogens (primary N) is 1. The molecule has 0 amide bonds. The van der Waals surface area contributed by atoms with Crippen molar-refractivity contribution in [1.29, 1.82) is 0 Å². The smallest absolute Gasteiger partial charge is 0.325 e. The van der Waals surface area contributed by atoms with Crippen LogP contribution in [-0.2, 0) is 4.79 Å². The van der Waals surface area contributed by atoms with Crippen molar-refractivity contribution in [1.82, 2.24) is 0 Å². The Morgan fingerprint density at radius 1 is 1.57 bits per heavy atom. The Morgan fingerprint density at radius 2 is 2.14 bits per heavy atom. The van der Waals surface area contributed by atoms with Gasteiger partial charge in [0.05, 0.1) is 0 Å². The van der Waals surface area contributed by atoms with Crippen LogP contribution in [0.3, 0.4) is 0 Å². The third-order valence-corrected chi connectivity index (χ3v) is 2.12. The van der Waals surface area contributed by atoms with Crippen molar-refractivity contribution >= 4 is 21.9 Å². The maximum atomic E-state index is 12.9. The highest BCUT2D eigenvalue weighted by atomic mass is 79.9. The predicted octanol–water partition coefficient (Wildman–Crippen LogP) is 1.38. The fourth-order valence-electron chi connectivity index (χ4n) is 0.956. The summed E-state index contributed by atoms with van der Waals surface area (Å²) in [6.45, 7) is 0. The lowest BCUT2D eigenvalue weighted by atomic mass is 10.1. The zero-order valence-corrected chi connectivity index (χ0v) is 8.45. The molecule has 14 heavy (non-hydrogen) atoms. The van der Waals surface area contributed by atoms with Crippen LogP contribution in [0.4, 0.5) is 4.39 Å². The molecule has 6 heteroatoms. The number of aromatic hydroxyl groups is 1. The average Bonchev–Trinajstić information content (AvgIpc) is 2.09. The molecule has 0 aliphatic rings. The van der Waals surface area contributed by atoms with Crippen LogP contribution in [0.1, 0.15) is 11.6 Å². The standard InChI is InChI=1S/C8H7BrFNO3/c9-3-1-4(6(11)8(13)14)7(12)5(10)2-3/h1-2,6,12H,11H2,(H,13,14)/t6-/m1/s1. The largest absolute Gasteiger partial charge is 0.505 e. The Morgan fingerprint density at radius 3 is 2.64 bits per heavy atom. The highest BCUT2D eigenvalue weighted by Gasteiger charge is 2.20. The van der Waals surface area contributed by atoms with E-state index < -0.39 is 23.6 Å². The Labute approximate surface area is 87.3 Å². The van der Waals surface area contributed by atoms with E-state index in [0.717, 1.165) is 6.07 Å². The van der Waals surface area contributed by atoms with Gasteiger partial charge in [-0.1, -0.05) is 15.9 Å². The molecule has 0 saturated heterocycles. The normalized spacial score (nSPS) is 12.5. The van der Waals surface area contributed by atoms with Crippen LogP contribution in [0, 0.1) is 5.82 Å². The Kier molecular flexibility index (Phi) is 3.07. The van der Waals surface area contributed by atoms with Crippen molar-refractivity contribution in [2.24, 2.45) is 5.73 Å². The minimum atomic E-state index is -1.44. The molecule has 0 bridgehead atoms. The van der Waals surface area contributed by atoms with Crippen molar-refractivity contribution in [2.45, 2.75) is 6.04 Å². The van der Waals surface area contributed by atoms with Gasteiger partial charge in [0.25, 0.3) is 0 Å². The maximum Gasteiger partial charge on any atom is 0.325 e. The SMILES string of the molecule is N[C@@H](C(=O)O)c1cc(Br)cc(F)c1O. The molecule has 0 radical (unpaired) electrons. The fourth-order valence-corrected chi connectivity index (χ4v) is 1.40. The van der Waals surface area contributed by atoms with E-state index >= 15 is 0 Å². The number of carbonyl (C=O) groups is 1. The summed E-state index contributed by atoms with van der Waals surface area (Å²) in [5.41, 5.74) is 5.07. The number of carboxylic acids is 1. The second-order valence-electron chi connectivity index (χ2n) is 2.64. The van der Waals surface area contributed by atoms with Crippen molar-refractivity contribution in [3.63, 3.8) is 0 Å².